The van der Waals surface area contributed by atoms with E-state index in [-0.39, 0.29) is 5.57 Å². The van der Waals surface area contributed by atoms with Crippen molar-refractivity contribution < 1.29 is 28.5 Å². The van der Waals surface area contributed by atoms with E-state index in [9.17, 15) is 9.59 Å². The van der Waals surface area contributed by atoms with Crippen LogP contribution in [0, 0.1) is 0 Å². The summed E-state index contributed by atoms with van der Waals surface area (Å²) in [5.74, 6) is -0.561. The van der Waals surface area contributed by atoms with Crippen molar-refractivity contribution in [2.75, 3.05) is 40.5 Å². The minimum atomic E-state index is -0.901. The lowest BCUT2D eigenvalue weighted by atomic mass is 9.98. The summed E-state index contributed by atoms with van der Waals surface area (Å²) in [6.45, 7) is 2.15. The Kier molecular flexibility index (Phi) is 6.79. The maximum absolute atomic E-state index is 12.1. The van der Waals surface area contributed by atoms with E-state index >= 15 is 0 Å². The van der Waals surface area contributed by atoms with Crippen molar-refractivity contribution in [2.45, 2.75) is 6.23 Å². The lowest BCUT2D eigenvalue weighted by Gasteiger charge is -2.34. The number of ether oxygens (including phenoxy) is 4. The van der Waals surface area contributed by atoms with Gasteiger partial charge in [0.25, 0.3) is 0 Å². The van der Waals surface area contributed by atoms with E-state index in [1.807, 2.05) is 4.90 Å². The van der Waals surface area contributed by atoms with Gasteiger partial charge in [-0.1, -0.05) is 24.3 Å². The van der Waals surface area contributed by atoms with E-state index in [0.29, 0.717) is 37.4 Å². The van der Waals surface area contributed by atoms with Gasteiger partial charge in [-0.25, -0.2) is 9.59 Å². The Morgan fingerprint density at radius 3 is 2.52 bits per heavy atom. The third-order valence-corrected chi connectivity index (χ3v) is 3.76. The molecule has 1 atom stereocenters. The molecule has 1 aliphatic heterocycles. The quantitative estimate of drug-likeness (QED) is 0.468. The summed E-state index contributed by atoms with van der Waals surface area (Å²) < 4.78 is 20.5. The molecule has 1 fully saturated rings. The Labute approximate surface area is 146 Å². The fourth-order valence-corrected chi connectivity index (χ4v) is 2.66. The molecular formula is C17H22N2O6. The van der Waals surface area contributed by atoms with E-state index < -0.39 is 18.3 Å². The normalized spacial score (nSPS) is 16.8. The number of nitrogens with two attached hydrogens (primary N) is 1. The minimum absolute atomic E-state index is 0.215. The van der Waals surface area contributed by atoms with Gasteiger partial charge in [0.2, 0.25) is 0 Å². The summed E-state index contributed by atoms with van der Waals surface area (Å²) in [4.78, 5) is 25.5. The summed E-state index contributed by atoms with van der Waals surface area (Å²) in [5, 5.41) is 0. The molecule has 25 heavy (non-hydrogen) atoms. The molecule has 0 bridgehead atoms. The monoisotopic (exact) mass is 350 g/mol. The zero-order valence-electron chi connectivity index (χ0n) is 14.3. The summed E-state index contributed by atoms with van der Waals surface area (Å²) >= 11 is 0. The molecular weight excluding hydrogens is 328 g/mol. The van der Waals surface area contributed by atoms with Gasteiger partial charge >= 0.3 is 12.1 Å². The summed E-state index contributed by atoms with van der Waals surface area (Å²) in [5.41, 5.74) is 6.62. The van der Waals surface area contributed by atoms with E-state index in [4.69, 9.17) is 24.7 Å². The lowest BCUT2D eigenvalue weighted by Crippen LogP contribution is -2.41. The maximum atomic E-state index is 12.1. The van der Waals surface area contributed by atoms with Gasteiger partial charge in [0, 0.05) is 24.2 Å². The predicted octanol–water partition coefficient (Wildman–Crippen LogP) is 1.27. The van der Waals surface area contributed by atoms with Gasteiger partial charge in [0.15, 0.2) is 6.23 Å². The fraction of sp³-hybridized carbons (Fsp3) is 0.412. The number of primary amides is 1. The predicted molar refractivity (Wildman–Crippen MR) is 89.2 cm³/mol. The van der Waals surface area contributed by atoms with Crippen LogP contribution in [0.1, 0.15) is 17.4 Å². The minimum Gasteiger partial charge on any atom is -0.503 e. The standard InChI is InChI=1S/C17H22N2O6/c1-22-11-14(16(20)23-2)12-5-3-4-6-13(12)15(25-17(18)21)19-7-9-24-10-8-19/h3-6,11,15H,7-10H2,1-2H3,(H2,18,21)/b14-11+. The topological polar surface area (TPSA) is 100 Å². The van der Waals surface area contributed by atoms with Crippen LogP contribution in [0.4, 0.5) is 4.79 Å². The molecule has 1 aliphatic rings. The van der Waals surface area contributed by atoms with Crippen LogP contribution in [-0.4, -0.2) is 57.5 Å². The smallest absolute Gasteiger partial charge is 0.406 e. The number of morpholine rings is 1. The van der Waals surface area contributed by atoms with Gasteiger partial charge in [0.1, 0.15) is 5.57 Å². The SMILES string of the molecule is CO/C=C(/C(=O)OC)c1ccccc1C(OC(N)=O)N1CCOCC1. The van der Waals surface area contributed by atoms with Crippen molar-refractivity contribution in [1.29, 1.82) is 0 Å². The molecule has 1 aromatic rings. The van der Waals surface area contributed by atoms with Gasteiger partial charge in [-0.2, -0.15) is 0 Å². The van der Waals surface area contributed by atoms with Crippen LogP contribution in [0.5, 0.6) is 0 Å². The molecule has 0 aromatic heterocycles. The van der Waals surface area contributed by atoms with Crippen LogP contribution >= 0.6 is 0 Å². The first-order chi connectivity index (χ1) is 12.1. The molecule has 8 heteroatoms. The van der Waals surface area contributed by atoms with E-state index in [0.717, 1.165) is 0 Å². The second-order valence-corrected chi connectivity index (χ2v) is 5.28. The Morgan fingerprint density at radius 1 is 1.24 bits per heavy atom. The van der Waals surface area contributed by atoms with Gasteiger partial charge < -0.3 is 24.7 Å². The number of esters is 1. The summed E-state index contributed by atoms with van der Waals surface area (Å²) in [7, 11) is 2.72. The van der Waals surface area contributed by atoms with E-state index in [1.54, 1.807) is 24.3 Å². The molecule has 1 heterocycles. The number of hydrogen-bond acceptors (Lipinski definition) is 7. The highest BCUT2D eigenvalue weighted by Crippen LogP contribution is 2.31. The van der Waals surface area contributed by atoms with Gasteiger partial charge in [-0.15, -0.1) is 0 Å². The zero-order chi connectivity index (χ0) is 18.2. The number of hydrogen-bond donors (Lipinski definition) is 1. The average Bonchev–Trinajstić information content (AvgIpc) is 2.64. The first-order valence-corrected chi connectivity index (χ1v) is 7.77. The molecule has 1 saturated heterocycles. The van der Waals surface area contributed by atoms with Crippen molar-refractivity contribution >= 4 is 17.6 Å². The van der Waals surface area contributed by atoms with Crippen LogP contribution in [0.15, 0.2) is 30.5 Å². The van der Waals surface area contributed by atoms with Crippen LogP contribution < -0.4 is 5.73 Å². The van der Waals surface area contributed by atoms with E-state index in [2.05, 4.69) is 0 Å². The molecule has 0 saturated carbocycles. The molecule has 0 aliphatic carbocycles. The molecule has 1 aromatic carbocycles. The van der Waals surface area contributed by atoms with Crippen molar-refractivity contribution in [1.82, 2.24) is 4.90 Å². The second kappa shape index (κ2) is 9.05. The molecule has 0 spiro atoms. The lowest BCUT2D eigenvalue weighted by molar-refractivity contribution is -0.133. The van der Waals surface area contributed by atoms with Crippen LogP contribution in [0.25, 0.3) is 5.57 Å². The Balaban J connectivity index is 2.48. The number of benzene rings is 1. The number of amides is 1. The highest BCUT2D eigenvalue weighted by atomic mass is 16.6. The van der Waals surface area contributed by atoms with Gasteiger partial charge in [0.05, 0.1) is 33.7 Å². The van der Waals surface area contributed by atoms with Crippen LogP contribution in [0.3, 0.4) is 0 Å². The first kappa shape index (κ1) is 18.8. The number of carbonyl (C=O) groups is 2. The first-order valence-electron chi connectivity index (χ1n) is 7.77. The highest BCUT2D eigenvalue weighted by molar-refractivity contribution is 6.16. The Hall–Kier alpha value is -2.58. The Morgan fingerprint density at radius 2 is 1.92 bits per heavy atom. The second-order valence-electron chi connectivity index (χ2n) is 5.28. The molecule has 0 radical (unpaired) electrons. The molecule has 136 valence electrons. The zero-order valence-corrected chi connectivity index (χ0v) is 14.3. The number of methoxy groups -OCH3 is 2. The maximum Gasteiger partial charge on any atom is 0.406 e. The fourth-order valence-electron chi connectivity index (χ4n) is 2.66. The molecule has 2 rings (SSSR count). The van der Waals surface area contributed by atoms with Crippen molar-refractivity contribution in [3.63, 3.8) is 0 Å². The molecule has 8 nitrogen and oxygen atoms in total. The highest BCUT2D eigenvalue weighted by Gasteiger charge is 2.29. The van der Waals surface area contributed by atoms with Crippen molar-refractivity contribution in [3.8, 4) is 0 Å². The third-order valence-electron chi connectivity index (χ3n) is 3.76. The summed E-state index contributed by atoms with van der Waals surface area (Å²) in [6.07, 6.45) is -0.352. The van der Waals surface area contributed by atoms with Crippen LogP contribution in [-0.2, 0) is 23.7 Å². The molecule has 2 N–H and O–H groups in total. The van der Waals surface area contributed by atoms with Crippen molar-refractivity contribution in [2.24, 2.45) is 5.73 Å². The largest absolute Gasteiger partial charge is 0.503 e. The van der Waals surface area contributed by atoms with E-state index in [1.165, 1.54) is 20.5 Å². The molecule has 1 amide bonds. The van der Waals surface area contributed by atoms with Gasteiger partial charge in [-0.3, -0.25) is 4.90 Å². The third kappa shape index (κ3) is 4.71. The van der Waals surface area contributed by atoms with Gasteiger partial charge in [-0.05, 0) is 0 Å². The van der Waals surface area contributed by atoms with Crippen molar-refractivity contribution in [3.05, 3.63) is 41.7 Å². The summed E-state index contributed by atoms with van der Waals surface area (Å²) in [6, 6.07) is 7.06. The average molecular weight is 350 g/mol. The van der Waals surface area contributed by atoms with Crippen LogP contribution in [0.2, 0.25) is 0 Å². The number of nitrogens with zero attached hydrogens (tertiary/aromatic N) is 1. The number of rotatable bonds is 6. The number of carbonyl (C=O) groups excluding carboxylic acids is 2. The Bertz CT molecular complexity index is 640. The molecule has 1 unspecified atom stereocenters.